The van der Waals surface area contributed by atoms with E-state index >= 15 is 0 Å². The summed E-state index contributed by atoms with van der Waals surface area (Å²) in [6.45, 7) is 6.56. The number of rotatable bonds is 11. The highest BCUT2D eigenvalue weighted by Crippen LogP contribution is 2.28. The average Bonchev–Trinajstić information content (AvgIpc) is 3.29. The van der Waals surface area contributed by atoms with E-state index in [2.05, 4.69) is 27.4 Å². The van der Waals surface area contributed by atoms with Crippen LogP contribution in [0.25, 0.3) is 0 Å². The van der Waals surface area contributed by atoms with Gasteiger partial charge in [0.15, 0.2) is 5.96 Å². The summed E-state index contributed by atoms with van der Waals surface area (Å²) < 4.78 is 5.70. The Morgan fingerprint density at radius 1 is 1.15 bits per heavy atom. The fraction of sp³-hybridized carbons (Fsp3) is 0.895. The molecule has 2 saturated carbocycles. The van der Waals surface area contributed by atoms with Gasteiger partial charge in [-0.3, -0.25) is 9.79 Å². The fourth-order valence-corrected chi connectivity index (χ4v) is 3.22. The molecule has 1 amide bonds. The molecule has 0 heterocycles. The molecule has 0 aliphatic heterocycles. The van der Waals surface area contributed by atoms with Crippen molar-refractivity contribution in [2.24, 2.45) is 16.8 Å². The van der Waals surface area contributed by atoms with E-state index in [-0.39, 0.29) is 29.9 Å². The Balaban J connectivity index is 0.00000338. The van der Waals surface area contributed by atoms with Crippen LogP contribution in [0.3, 0.4) is 0 Å². The van der Waals surface area contributed by atoms with Gasteiger partial charge in [-0.1, -0.05) is 12.8 Å². The van der Waals surface area contributed by atoms with Crippen molar-refractivity contribution in [1.82, 2.24) is 15.5 Å². The van der Waals surface area contributed by atoms with E-state index in [4.69, 9.17) is 4.74 Å². The summed E-state index contributed by atoms with van der Waals surface area (Å²) in [5, 5.41) is 6.30. The smallest absolute Gasteiger partial charge is 0.220 e. The standard InChI is InChI=1S/C19H36N4O2.HI/c1-3-20-19(23(2)12-13-25-15-17-8-9-17)22-11-10-21-18(24)14-16-6-4-5-7-16;/h16-17H,3-15H2,1-2H3,(H,20,22)(H,21,24);1H. The number of halogens is 1. The molecular formula is C19H37IN4O2. The predicted molar refractivity (Wildman–Crippen MR) is 117 cm³/mol. The van der Waals surface area contributed by atoms with Crippen LogP contribution in [0.2, 0.25) is 0 Å². The number of nitrogens with one attached hydrogen (secondary N) is 2. The Bertz CT molecular complexity index is 424. The number of hydrogen-bond acceptors (Lipinski definition) is 3. The van der Waals surface area contributed by atoms with Crippen LogP contribution in [-0.2, 0) is 9.53 Å². The number of hydrogen-bond donors (Lipinski definition) is 2. The van der Waals surface area contributed by atoms with Crippen molar-refractivity contribution >= 4 is 35.8 Å². The van der Waals surface area contributed by atoms with Gasteiger partial charge in [0.25, 0.3) is 0 Å². The molecule has 26 heavy (non-hydrogen) atoms. The first kappa shape index (κ1) is 23.5. The van der Waals surface area contributed by atoms with Gasteiger partial charge in [-0.25, -0.2) is 0 Å². The molecule has 0 saturated heterocycles. The molecule has 0 aromatic rings. The van der Waals surface area contributed by atoms with Gasteiger partial charge in [-0.15, -0.1) is 24.0 Å². The van der Waals surface area contributed by atoms with Gasteiger partial charge in [0.05, 0.1) is 13.2 Å². The first-order valence-electron chi connectivity index (χ1n) is 10.0. The Kier molecular flexibility index (Phi) is 12.3. The monoisotopic (exact) mass is 480 g/mol. The fourth-order valence-electron chi connectivity index (χ4n) is 3.22. The molecule has 6 nitrogen and oxygen atoms in total. The number of likely N-dealkylation sites (N-methyl/N-ethyl adjacent to an activating group) is 1. The zero-order chi connectivity index (χ0) is 17.9. The maximum absolute atomic E-state index is 11.9. The molecule has 7 heteroatoms. The maximum atomic E-state index is 11.9. The minimum atomic E-state index is 0. The van der Waals surface area contributed by atoms with Crippen molar-refractivity contribution in [2.75, 3.05) is 46.4 Å². The van der Waals surface area contributed by atoms with Crippen molar-refractivity contribution < 1.29 is 9.53 Å². The van der Waals surface area contributed by atoms with Crippen molar-refractivity contribution in [3.8, 4) is 0 Å². The molecule has 0 spiro atoms. The van der Waals surface area contributed by atoms with Crippen LogP contribution in [0.4, 0.5) is 0 Å². The molecule has 2 rings (SSSR count). The van der Waals surface area contributed by atoms with Crippen LogP contribution < -0.4 is 10.6 Å². The van der Waals surface area contributed by atoms with Crippen LogP contribution >= 0.6 is 24.0 Å². The molecule has 2 aliphatic carbocycles. The SMILES string of the molecule is CCNC(=NCCNC(=O)CC1CCCC1)N(C)CCOCC1CC1.I. The lowest BCUT2D eigenvalue weighted by atomic mass is 10.0. The van der Waals surface area contributed by atoms with Crippen molar-refractivity contribution in [2.45, 2.75) is 51.9 Å². The van der Waals surface area contributed by atoms with Crippen LogP contribution in [0, 0.1) is 11.8 Å². The highest BCUT2D eigenvalue weighted by atomic mass is 127. The second kappa shape index (κ2) is 13.6. The Hall–Kier alpha value is -0.570. The lowest BCUT2D eigenvalue weighted by molar-refractivity contribution is -0.121. The molecule has 0 radical (unpaired) electrons. The van der Waals surface area contributed by atoms with Crippen LogP contribution in [0.15, 0.2) is 4.99 Å². The van der Waals surface area contributed by atoms with Crippen molar-refractivity contribution in [3.63, 3.8) is 0 Å². The summed E-state index contributed by atoms with van der Waals surface area (Å²) in [6, 6.07) is 0. The first-order valence-corrected chi connectivity index (χ1v) is 10.0. The number of nitrogens with zero attached hydrogens (tertiary/aromatic N) is 2. The van der Waals surface area contributed by atoms with Gasteiger partial charge in [0.1, 0.15) is 0 Å². The van der Waals surface area contributed by atoms with Gasteiger partial charge in [-0.2, -0.15) is 0 Å². The number of aliphatic imine (C=N–C) groups is 1. The Labute approximate surface area is 175 Å². The summed E-state index contributed by atoms with van der Waals surface area (Å²) in [4.78, 5) is 18.6. The minimum Gasteiger partial charge on any atom is -0.379 e. The van der Waals surface area contributed by atoms with E-state index < -0.39 is 0 Å². The number of carbonyl (C=O) groups is 1. The molecule has 0 aromatic carbocycles. The number of ether oxygens (including phenoxy) is 1. The zero-order valence-corrected chi connectivity index (χ0v) is 18.8. The van der Waals surface area contributed by atoms with Crippen molar-refractivity contribution in [1.29, 1.82) is 0 Å². The second-order valence-corrected chi connectivity index (χ2v) is 7.38. The summed E-state index contributed by atoms with van der Waals surface area (Å²) in [5.41, 5.74) is 0. The lowest BCUT2D eigenvalue weighted by Gasteiger charge is -2.22. The van der Waals surface area contributed by atoms with Crippen molar-refractivity contribution in [3.05, 3.63) is 0 Å². The molecule has 2 aliphatic rings. The minimum absolute atomic E-state index is 0. The van der Waals surface area contributed by atoms with Gasteiger partial charge >= 0.3 is 0 Å². The van der Waals surface area contributed by atoms with E-state index in [0.717, 1.165) is 38.2 Å². The maximum Gasteiger partial charge on any atom is 0.220 e. The van der Waals surface area contributed by atoms with E-state index in [1.54, 1.807) is 0 Å². The molecular weight excluding hydrogens is 443 g/mol. The van der Waals surface area contributed by atoms with E-state index in [1.807, 2.05) is 7.05 Å². The molecule has 2 fully saturated rings. The summed E-state index contributed by atoms with van der Waals surface area (Å²) in [6.07, 6.45) is 8.32. The average molecular weight is 480 g/mol. The Morgan fingerprint density at radius 3 is 2.54 bits per heavy atom. The summed E-state index contributed by atoms with van der Waals surface area (Å²) in [7, 11) is 2.03. The largest absolute Gasteiger partial charge is 0.379 e. The third-order valence-electron chi connectivity index (χ3n) is 4.96. The van der Waals surface area contributed by atoms with Crippen LogP contribution in [0.1, 0.15) is 51.9 Å². The predicted octanol–water partition coefficient (Wildman–Crippen LogP) is 2.62. The third kappa shape index (κ3) is 9.94. The normalized spacial score (nSPS) is 17.7. The lowest BCUT2D eigenvalue weighted by Crippen LogP contribution is -2.41. The first-order chi connectivity index (χ1) is 12.2. The molecule has 152 valence electrons. The third-order valence-corrected chi connectivity index (χ3v) is 4.96. The molecule has 0 bridgehead atoms. The number of amides is 1. The summed E-state index contributed by atoms with van der Waals surface area (Å²) >= 11 is 0. The van der Waals surface area contributed by atoms with Gasteiger partial charge < -0.3 is 20.3 Å². The quantitative estimate of drug-likeness (QED) is 0.207. The Morgan fingerprint density at radius 2 is 1.88 bits per heavy atom. The van der Waals surface area contributed by atoms with Gasteiger partial charge in [0, 0.05) is 39.7 Å². The van der Waals surface area contributed by atoms with Gasteiger partial charge in [-0.05, 0) is 44.4 Å². The molecule has 0 atom stereocenters. The number of guanidine groups is 1. The zero-order valence-electron chi connectivity index (χ0n) is 16.5. The van der Waals surface area contributed by atoms with E-state index in [9.17, 15) is 4.79 Å². The highest BCUT2D eigenvalue weighted by Gasteiger charge is 2.21. The molecule has 0 aromatic heterocycles. The number of carbonyl (C=O) groups excluding carboxylic acids is 1. The van der Waals surface area contributed by atoms with E-state index in [1.165, 1.54) is 38.5 Å². The highest BCUT2D eigenvalue weighted by molar-refractivity contribution is 14.0. The van der Waals surface area contributed by atoms with Crippen LogP contribution in [0.5, 0.6) is 0 Å². The molecule has 0 unspecified atom stereocenters. The second-order valence-electron chi connectivity index (χ2n) is 7.38. The topological polar surface area (TPSA) is 66.0 Å². The van der Waals surface area contributed by atoms with Crippen LogP contribution in [-0.4, -0.2) is 63.2 Å². The molecule has 2 N–H and O–H groups in total. The van der Waals surface area contributed by atoms with Gasteiger partial charge in [0.2, 0.25) is 5.91 Å². The summed E-state index contributed by atoms with van der Waals surface area (Å²) in [5.74, 6) is 2.46. The van der Waals surface area contributed by atoms with E-state index in [0.29, 0.717) is 25.4 Å².